The summed E-state index contributed by atoms with van der Waals surface area (Å²) < 4.78 is 0. The third-order valence-corrected chi connectivity index (χ3v) is 7.17. The normalized spacial score (nSPS) is 22.1. The molecule has 0 aliphatic heterocycles. The predicted molar refractivity (Wildman–Crippen MR) is 123 cm³/mol. The molecule has 1 saturated carbocycles. The van der Waals surface area contributed by atoms with Gasteiger partial charge in [0, 0.05) is 5.92 Å². The summed E-state index contributed by atoms with van der Waals surface area (Å²) in [7, 11) is 0. The molecule has 2 aromatic rings. The van der Waals surface area contributed by atoms with Gasteiger partial charge in [0.25, 0.3) is 0 Å². The van der Waals surface area contributed by atoms with Crippen molar-refractivity contribution in [2.75, 3.05) is 0 Å². The zero-order chi connectivity index (χ0) is 19.7. The molecule has 0 N–H and O–H groups in total. The fourth-order valence-electron chi connectivity index (χ4n) is 5.54. The minimum absolute atomic E-state index is 0.448. The molecule has 2 aliphatic carbocycles. The topological polar surface area (TPSA) is 0 Å². The molecule has 0 heteroatoms. The van der Waals surface area contributed by atoms with Gasteiger partial charge in [0.15, 0.2) is 0 Å². The van der Waals surface area contributed by atoms with Crippen LogP contribution in [0.25, 0.3) is 11.1 Å². The van der Waals surface area contributed by atoms with Crippen molar-refractivity contribution < 1.29 is 0 Å². The summed E-state index contributed by atoms with van der Waals surface area (Å²) in [4.78, 5) is 0. The van der Waals surface area contributed by atoms with Crippen LogP contribution in [0.3, 0.4) is 0 Å². The van der Waals surface area contributed by atoms with Crippen LogP contribution in [-0.2, 0) is 0 Å². The first kappa shape index (κ1) is 19.2. The lowest BCUT2D eigenvalue weighted by Crippen LogP contribution is -2.10. The molecule has 1 fully saturated rings. The molecular weight excluding hydrogens is 336 g/mol. The molecule has 2 aliphatic rings. The number of benzene rings is 2. The Labute approximate surface area is 171 Å². The average Bonchev–Trinajstić information content (AvgIpc) is 3.07. The van der Waals surface area contributed by atoms with E-state index in [9.17, 15) is 0 Å². The van der Waals surface area contributed by atoms with E-state index in [1.54, 1.807) is 5.56 Å². The predicted octanol–water partition coefficient (Wildman–Crippen LogP) is 8.28. The van der Waals surface area contributed by atoms with Gasteiger partial charge in [-0.1, -0.05) is 87.2 Å². The monoisotopic (exact) mass is 370 g/mol. The van der Waals surface area contributed by atoms with Crippen molar-refractivity contribution in [3.8, 4) is 0 Å². The fourth-order valence-corrected chi connectivity index (χ4v) is 5.54. The van der Waals surface area contributed by atoms with Gasteiger partial charge in [0.1, 0.15) is 0 Å². The smallest absolute Gasteiger partial charge is 0.00981 e. The minimum atomic E-state index is 0.448. The largest absolute Gasteiger partial charge is 0.0955 e. The Morgan fingerprint density at radius 1 is 0.964 bits per heavy atom. The molecule has 2 aromatic carbocycles. The van der Waals surface area contributed by atoms with Crippen LogP contribution in [0.2, 0.25) is 0 Å². The number of aryl methyl sites for hydroxylation is 1. The second-order valence-corrected chi connectivity index (χ2v) is 9.19. The zero-order valence-electron chi connectivity index (χ0n) is 17.6. The first-order valence-electron chi connectivity index (χ1n) is 11.1. The molecule has 0 nitrogen and oxygen atoms in total. The molecule has 0 bridgehead atoms. The Balaban J connectivity index is 1.62. The Morgan fingerprint density at radius 3 is 2.39 bits per heavy atom. The highest BCUT2D eigenvalue weighted by Crippen LogP contribution is 2.51. The van der Waals surface area contributed by atoms with Crippen LogP contribution in [0.4, 0.5) is 0 Å². The average molecular weight is 371 g/mol. The fraction of sp³-hybridized carbons (Fsp3) is 0.429. The summed E-state index contributed by atoms with van der Waals surface area (Å²) in [6.45, 7) is 13.1. The van der Waals surface area contributed by atoms with Gasteiger partial charge >= 0.3 is 0 Å². The highest BCUT2D eigenvalue weighted by atomic mass is 14.4. The molecule has 28 heavy (non-hydrogen) atoms. The maximum Gasteiger partial charge on any atom is 0.00981 e. The van der Waals surface area contributed by atoms with Gasteiger partial charge in [-0.3, -0.25) is 0 Å². The number of fused-ring (bicyclic) bond motifs is 1. The molecule has 0 heterocycles. The van der Waals surface area contributed by atoms with Crippen molar-refractivity contribution in [2.24, 2.45) is 5.92 Å². The second-order valence-electron chi connectivity index (χ2n) is 9.19. The first-order valence-corrected chi connectivity index (χ1v) is 11.1. The summed E-state index contributed by atoms with van der Waals surface area (Å²) >= 11 is 0. The van der Waals surface area contributed by atoms with Gasteiger partial charge in [-0.2, -0.15) is 0 Å². The number of hydrogen-bond acceptors (Lipinski definition) is 0. The third kappa shape index (κ3) is 3.75. The number of rotatable bonds is 5. The standard InChI is InChI=1S/C28H34/c1-19(2)23-15-14-20(3)27(17-23)21(4)28-18-24(16-22-10-6-5-7-11-22)25-12-8-9-13-26(25)28/h8-9,12-15,17,22,24,28H,1,4-7,10-11,16,18H2,2-3H3. The molecule has 2 unspecified atom stereocenters. The molecule has 0 saturated heterocycles. The molecular formula is C28H34. The lowest BCUT2D eigenvalue weighted by atomic mass is 9.80. The molecule has 146 valence electrons. The molecule has 4 rings (SSSR count). The lowest BCUT2D eigenvalue weighted by molar-refractivity contribution is 0.316. The van der Waals surface area contributed by atoms with Crippen molar-refractivity contribution >= 4 is 11.1 Å². The van der Waals surface area contributed by atoms with E-state index in [0.717, 1.165) is 11.5 Å². The van der Waals surface area contributed by atoms with E-state index in [1.807, 2.05) is 0 Å². The van der Waals surface area contributed by atoms with Crippen LogP contribution >= 0.6 is 0 Å². The summed E-state index contributed by atoms with van der Waals surface area (Å²) in [5.41, 5.74) is 9.39. The van der Waals surface area contributed by atoms with Crippen LogP contribution in [0.15, 0.2) is 55.6 Å². The van der Waals surface area contributed by atoms with E-state index >= 15 is 0 Å². The van der Waals surface area contributed by atoms with E-state index in [1.165, 1.54) is 72.8 Å². The van der Waals surface area contributed by atoms with Gasteiger partial charge in [0.05, 0.1) is 0 Å². The van der Waals surface area contributed by atoms with Crippen LogP contribution in [-0.4, -0.2) is 0 Å². The minimum Gasteiger partial charge on any atom is -0.0955 e. The molecule has 0 spiro atoms. The van der Waals surface area contributed by atoms with Crippen molar-refractivity contribution in [3.05, 3.63) is 83.4 Å². The Hall–Kier alpha value is -2.08. The number of hydrogen-bond donors (Lipinski definition) is 0. The summed E-state index contributed by atoms with van der Waals surface area (Å²) in [5, 5.41) is 0. The first-order chi connectivity index (χ1) is 13.5. The van der Waals surface area contributed by atoms with Crippen LogP contribution in [0.1, 0.15) is 91.5 Å². The van der Waals surface area contributed by atoms with Crippen LogP contribution < -0.4 is 0 Å². The van der Waals surface area contributed by atoms with Crippen molar-refractivity contribution in [3.63, 3.8) is 0 Å². The van der Waals surface area contributed by atoms with Crippen LogP contribution in [0.5, 0.6) is 0 Å². The van der Waals surface area contributed by atoms with E-state index in [2.05, 4.69) is 69.5 Å². The van der Waals surface area contributed by atoms with Crippen LogP contribution in [0, 0.1) is 12.8 Å². The Morgan fingerprint density at radius 2 is 1.68 bits per heavy atom. The summed E-state index contributed by atoms with van der Waals surface area (Å²) in [6, 6.07) is 15.9. The summed E-state index contributed by atoms with van der Waals surface area (Å²) in [6.07, 6.45) is 9.77. The van der Waals surface area contributed by atoms with Crippen molar-refractivity contribution in [2.45, 2.75) is 70.6 Å². The van der Waals surface area contributed by atoms with Crippen molar-refractivity contribution in [1.29, 1.82) is 0 Å². The second kappa shape index (κ2) is 8.11. The van der Waals surface area contributed by atoms with Gasteiger partial charge < -0.3 is 0 Å². The van der Waals surface area contributed by atoms with Crippen molar-refractivity contribution in [1.82, 2.24) is 0 Å². The lowest BCUT2D eigenvalue weighted by Gasteiger charge is -2.25. The van der Waals surface area contributed by atoms with Gasteiger partial charge in [-0.15, -0.1) is 0 Å². The van der Waals surface area contributed by atoms with Gasteiger partial charge in [-0.25, -0.2) is 0 Å². The summed E-state index contributed by atoms with van der Waals surface area (Å²) in [5.74, 6) is 2.07. The van der Waals surface area contributed by atoms with E-state index < -0.39 is 0 Å². The molecule has 2 atom stereocenters. The third-order valence-electron chi connectivity index (χ3n) is 7.17. The SMILES string of the molecule is C=C(C)c1ccc(C)c(C(=C)C2CC(CC3CCCCC3)c3ccccc32)c1. The highest BCUT2D eigenvalue weighted by molar-refractivity contribution is 5.76. The quantitative estimate of drug-likeness (QED) is 0.496. The Bertz CT molecular complexity index is 879. The maximum absolute atomic E-state index is 4.62. The van der Waals surface area contributed by atoms with E-state index in [4.69, 9.17) is 0 Å². The maximum atomic E-state index is 4.62. The highest BCUT2D eigenvalue weighted by Gasteiger charge is 2.34. The molecule has 0 aromatic heterocycles. The van der Waals surface area contributed by atoms with Gasteiger partial charge in [-0.05, 0) is 78.0 Å². The zero-order valence-corrected chi connectivity index (χ0v) is 17.6. The van der Waals surface area contributed by atoms with E-state index in [-0.39, 0.29) is 0 Å². The molecule has 0 radical (unpaired) electrons. The van der Waals surface area contributed by atoms with Gasteiger partial charge in [0.2, 0.25) is 0 Å². The number of allylic oxidation sites excluding steroid dienone is 2. The Kier molecular flexibility index (Phi) is 5.58. The molecule has 0 amide bonds. The van der Waals surface area contributed by atoms with E-state index in [0.29, 0.717) is 11.8 Å².